The molecule has 1 N–H and O–H groups in total. The predicted molar refractivity (Wildman–Crippen MR) is 134 cm³/mol. The van der Waals surface area contributed by atoms with Crippen molar-refractivity contribution in [1.82, 2.24) is 19.6 Å². The molecule has 13 heteroatoms. The zero-order chi connectivity index (χ0) is 28.3. The topological polar surface area (TPSA) is 101 Å². The number of hydrogen-bond acceptors (Lipinski definition) is 6. The monoisotopic (exact) mass is 550 g/mol. The van der Waals surface area contributed by atoms with Crippen molar-refractivity contribution in [2.24, 2.45) is 5.10 Å². The fraction of sp³-hybridized carbons (Fsp3) is 0.148. The molecular formula is C27H18F4N6O3. The summed E-state index contributed by atoms with van der Waals surface area (Å²) in [6.45, 7) is -0.708. The number of imidazole rings is 1. The first-order valence-corrected chi connectivity index (χ1v) is 11.7. The number of amides is 2. The molecule has 2 aromatic heterocycles. The Labute approximate surface area is 224 Å². The molecule has 2 aromatic carbocycles. The molecule has 0 saturated heterocycles. The van der Waals surface area contributed by atoms with Crippen LogP contribution in [0.15, 0.2) is 72.1 Å². The third kappa shape index (κ3) is 5.75. The first kappa shape index (κ1) is 26.4. The molecule has 9 nitrogen and oxygen atoms in total. The number of anilines is 1. The summed E-state index contributed by atoms with van der Waals surface area (Å²) in [4.78, 5) is 28.5. The Hall–Kier alpha value is -5.25. The second-order valence-electron chi connectivity index (χ2n) is 8.51. The molecule has 0 bridgehead atoms. The molecule has 1 aliphatic heterocycles. The van der Waals surface area contributed by atoms with E-state index in [1.807, 2.05) is 0 Å². The van der Waals surface area contributed by atoms with E-state index < -0.39 is 36.6 Å². The van der Waals surface area contributed by atoms with Crippen molar-refractivity contribution in [1.29, 1.82) is 0 Å². The SMILES string of the molecule is O=C(Nc1ccc(COC(=O)C(F)(F)F)c(C#Cc2cnc3cccnn23)c1)N1N=CCC1c1cccc(F)c1. The number of carbonyl (C=O) groups is 2. The summed E-state index contributed by atoms with van der Waals surface area (Å²) in [6.07, 6.45) is -0.229. The number of fused-ring (bicyclic) bond motifs is 1. The van der Waals surface area contributed by atoms with Crippen molar-refractivity contribution in [2.45, 2.75) is 25.2 Å². The minimum Gasteiger partial charge on any atom is -0.454 e. The number of ether oxygens (including phenoxy) is 1. The largest absolute Gasteiger partial charge is 0.490 e. The molecule has 40 heavy (non-hydrogen) atoms. The first-order valence-electron chi connectivity index (χ1n) is 11.7. The van der Waals surface area contributed by atoms with Gasteiger partial charge >= 0.3 is 18.2 Å². The number of benzene rings is 2. The van der Waals surface area contributed by atoms with E-state index in [0.717, 1.165) is 0 Å². The van der Waals surface area contributed by atoms with Crippen LogP contribution in [0.4, 0.5) is 28.0 Å². The smallest absolute Gasteiger partial charge is 0.454 e. The molecular weight excluding hydrogens is 532 g/mol. The van der Waals surface area contributed by atoms with E-state index in [9.17, 15) is 27.2 Å². The maximum Gasteiger partial charge on any atom is 0.490 e. The summed E-state index contributed by atoms with van der Waals surface area (Å²) >= 11 is 0. The minimum absolute atomic E-state index is 0.168. The van der Waals surface area contributed by atoms with E-state index in [0.29, 0.717) is 23.3 Å². The Bertz CT molecular complexity index is 1690. The van der Waals surface area contributed by atoms with Gasteiger partial charge < -0.3 is 10.1 Å². The molecule has 4 aromatic rings. The normalized spacial score (nSPS) is 14.6. The average molecular weight is 550 g/mol. The van der Waals surface area contributed by atoms with Crippen molar-refractivity contribution >= 4 is 29.5 Å². The Morgan fingerprint density at radius 2 is 1.95 bits per heavy atom. The Morgan fingerprint density at radius 1 is 1.10 bits per heavy atom. The first-order chi connectivity index (χ1) is 19.2. The second kappa shape index (κ2) is 10.9. The molecule has 202 valence electrons. The Balaban J connectivity index is 1.41. The number of esters is 1. The molecule has 3 heterocycles. The van der Waals surface area contributed by atoms with E-state index in [4.69, 9.17) is 0 Å². The molecule has 5 rings (SSSR count). The van der Waals surface area contributed by atoms with Crippen LogP contribution in [-0.2, 0) is 16.1 Å². The van der Waals surface area contributed by atoms with Crippen molar-refractivity contribution in [3.8, 4) is 11.8 Å². The van der Waals surface area contributed by atoms with Crippen molar-refractivity contribution in [3.63, 3.8) is 0 Å². The number of halogens is 4. The lowest BCUT2D eigenvalue weighted by molar-refractivity contribution is -0.201. The van der Waals surface area contributed by atoms with Crippen molar-refractivity contribution in [2.75, 3.05) is 5.32 Å². The van der Waals surface area contributed by atoms with E-state index in [1.54, 1.807) is 18.2 Å². The zero-order valence-corrected chi connectivity index (χ0v) is 20.4. The van der Waals surface area contributed by atoms with E-state index in [1.165, 1.54) is 64.5 Å². The van der Waals surface area contributed by atoms with E-state index >= 15 is 0 Å². The van der Waals surface area contributed by atoms with Crippen LogP contribution in [0.5, 0.6) is 0 Å². The lowest BCUT2D eigenvalue weighted by atomic mass is 10.0. The number of carbonyl (C=O) groups excluding carboxylic acids is 2. The lowest BCUT2D eigenvalue weighted by Gasteiger charge is -2.22. The number of aromatic nitrogens is 3. The molecule has 0 fully saturated rings. The van der Waals surface area contributed by atoms with Crippen molar-refractivity contribution < 1.29 is 31.9 Å². The van der Waals surface area contributed by atoms with Crippen LogP contribution in [0.1, 0.15) is 34.8 Å². The van der Waals surface area contributed by atoms with Crippen LogP contribution in [-0.4, -0.2) is 44.0 Å². The maximum atomic E-state index is 13.7. The summed E-state index contributed by atoms with van der Waals surface area (Å²) < 4.78 is 57.6. The minimum atomic E-state index is -5.16. The molecule has 1 unspecified atom stereocenters. The van der Waals surface area contributed by atoms with Crippen LogP contribution in [0.25, 0.3) is 5.65 Å². The molecule has 0 spiro atoms. The number of nitrogens with one attached hydrogen (secondary N) is 1. The molecule has 2 amide bonds. The highest BCUT2D eigenvalue weighted by molar-refractivity contribution is 5.91. The van der Waals surface area contributed by atoms with Gasteiger partial charge in [-0.25, -0.2) is 28.5 Å². The van der Waals surface area contributed by atoms with Gasteiger partial charge in [-0.15, -0.1) is 0 Å². The molecule has 0 saturated carbocycles. The van der Waals surface area contributed by atoms with Crippen LogP contribution < -0.4 is 5.32 Å². The van der Waals surface area contributed by atoms with Gasteiger partial charge in [-0.05, 0) is 47.9 Å². The van der Waals surface area contributed by atoms with Gasteiger partial charge in [0.15, 0.2) is 5.65 Å². The second-order valence-corrected chi connectivity index (χ2v) is 8.51. The fourth-order valence-electron chi connectivity index (χ4n) is 3.95. The number of hydrogen-bond donors (Lipinski definition) is 1. The van der Waals surface area contributed by atoms with Crippen LogP contribution >= 0.6 is 0 Å². The average Bonchev–Trinajstić information content (AvgIpc) is 3.58. The summed E-state index contributed by atoms with van der Waals surface area (Å²) in [5.41, 5.74) is 2.09. The van der Waals surface area contributed by atoms with Gasteiger partial charge in [-0.1, -0.05) is 24.1 Å². The number of alkyl halides is 3. The van der Waals surface area contributed by atoms with Crippen LogP contribution in [0, 0.1) is 17.7 Å². The maximum absolute atomic E-state index is 13.7. The van der Waals surface area contributed by atoms with Crippen molar-refractivity contribution in [3.05, 3.63) is 95.2 Å². The summed E-state index contributed by atoms with van der Waals surface area (Å²) in [6, 6.07) is 12.3. The van der Waals surface area contributed by atoms with Gasteiger partial charge in [0, 0.05) is 35.6 Å². The lowest BCUT2D eigenvalue weighted by Crippen LogP contribution is -2.31. The van der Waals surface area contributed by atoms with Gasteiger partial charge in [0.25, 0.3) is 0 Å². The summed E-state index contributed by atoms with van der Waals surface area (Å²) in [7, 11) is 0. The van der Waals surface area contributed by atoms with E-state index in [2.05, 4.69) is 37.1 Å². The molecule has 1 atom stereocenters. The quantitative estimate of drug-likeness (QED) is 0.223. The molecule has 0 aliphatic carbocycles. The standard InChI is InChI=1S/C27H18F4N6O3/c28-20-4-1-3-18(13-20)23-10-12-34-37(23)26(39)35-21-8-6-19(16-40-25(38)27(29,30)31)17(14-21)7-9-22-15-32-24-5-2-11-33-36(22)24/h1-6,8,11-15,23H,10,16H2,(H,35,39). The van der Waals surface area contributed by atoms with Gasteiger partial charge in [-0.3, -0.25) is 0 Å². The number of hydrazone groups is 1. The van der Waals surface area contributed by atoms with Gasteiger partial charge in [0.1, 0.15) is 18.1 Å². The van der Waals surface area contributed by atoms with E-state index in [-0.39, 0.29) is 16.8 Å². The Morgan fingerprint density at radius 3 is 2.75 bits per heavy atom. The molecule has 0 radical (unpaired) electrons. The summed E-state index contributed by atoms with van der Waals surface area (Å²) in [5, 5.41) is 12.1. The number of urea groups is 1. The Kier molecular flexibility index (Phi) is 7.15. The van der Waals surface area contributed by atoms with Crippen LogP contribution in [0.3, 0.4) is 0 Å². The van der Waals surface area contributed by atoms with Gasteiger partial charge in [0.2, 0.25) is 0 Å². The third-order valence-corrected chi connectivity index (χ3v) is 5.83. The number of nitrogens with zero attached hydrogens (tertiary/aromatic N) is 5. The van der Waals surface area contributed by atoms with Gasteiger partial charge in [-0.2, -0.15) is 23.4 Å². The fourth-order valence-corrected chi connectivity index (χ4v) is 3.95. The molecule has 1 aliphatic rings. The third-order valence-electron chi connectivity index (χ3n) is 5.83. The summed E-state index contributed by atoms with van der Waals surface area (Å²) in [5.74, 6) is 2.90. The highest BCUT2D eigenvalue weighted by Gasteiger charge is 2.41. The zero-order valence-electron chi connectivity index (χ0n) is 20.4. The number of rotatable bonds is 4. The van der Waals surface area contributed by atoms with Crippen LogP contribution in [0.2, 0.25) is 0 Å². The highest BCUT2D eigenvalue weighted by atomic mass is 19.4. The van der Waals surface area contributed by atoms with Gasteiger partial charge in [0.05, 0.1) is 12.2 Å². The predicted octanol–water partition coefficient (Wildman–Crippen LogP) is 4.84. The highest BCUT2D eigenvalue weighted by Crippen LogP contribution is 2.29.